The maximum absolute atomic E-state index is 11.1. The van der Waals surface area contributed by atoms with Crippen molar-refractivity contribution < 1.29 is 14.6 Å². The Hall–Kier alpha value is -3.45. The summed E-state index contributed by atoms with van der Waals surface area (Å²) >= 11 is 0. The molecule has 0 unspecified atom stereocenters. The first-order valence-corrected chi connectivity index (χ1v) is 11.0. The topological polar surface area (TPSA) is 87.6 Å². The number of aryl methyl sites for hydroxylation is 1. The molecule has 1 aliphatic rings. The van der Waals surface area contributed by atoms with Crippen LogP contribution < -0.4 is 10.1 Å². The first kappa shape index (κ1) is 21.8. The van der Waals surface area contributed by atoms with Gasteiger partial charge in [0, 0.05) is 32.6 Å². The first-order chi connectivity index (χ1) is 15.7. The predicted octanol–water partition coefficient (Wildman–Crippen LogP) is 3.54. The Morgan fingerprint density at radius 3 is 2.47 bits per heavy atom. The first-order valence-electron chi connectivity index (χ1n) is 11.0. The number of carboxylic acids is 1. The van der Waals surface area contributed by atoms with Gasteiger partial charge in [0.2, 0.25) is 11.8 Å². The molecule has 0 spiro atoms. The summed E-state index contributed by atoms with van der Waals surface area (Å²) in [6, 6.07) is 20.6. The SMILES string of the molecule is O=C(O)COc1nc(NCCCc2ccccc2)nc2c1CN(Cc1ccccc1)CC2. The van der Waals surface area contributed by atoms with E-state index in [1.165, 1.54) is 11.1 Å². The Bertz CT molecular complexity index is 1030. The zero-order valence-electron chi connectivity index (χ0n) is 18.0. The highest BCUT2D eigenvalue weighted by Gasteiger charge is 2.24. The van der Waals surface area contributed by atoms with Crippen LogP contribution in [0.1, 0.15) is 28.8 Å². The highest BCUT2D eigenvalue weighted by molar-refractivity contribution is 5.68. The van der Waals surface area contributed by atoms with Gasteiger partial charge < -0.3 is 15.2 Å². The van der Waals surface area contributed by atoms with Crippen LogP contribution in [0.2, 0.25) is 0 Å². The molecule has 0 saturated heterocycles. The number of nitrogens with zero attached hydrogens (tertiary/aromatic N) is 3. The van der Waals surface area contributed by atoms with E-state index in [2.05, 4.69) is 39.5 Å². The highest BCUT2D eigenvalue weighted by atomic mass is 16.5. The fourth-order valence-electron chi connectivity index (χ4n) is 3.88. The second kappa shape index (κ2) is 10.7. The van der Waals surface area contributed by atoms with Crippen LogP contribution in [-0.2, 0) is 30.7 Å². The summed E-state index contributed by atoms with van der Waals surface area (Å²) < 4.78 is 5.56. The van der Waals surface area contributed by atoms with Crippen molar-refractivity contribution in [2.75, 3.05) is 25.0 Å². The van der Waals surface area contributed by atoms with Crippen LogP contribution in [0, 0.1) is 0 Å². The van der Waals surface area contributed by atoms with Crippen molar-refractivity contribution in [3.05, 3.63) is 83.0 Å². The minimum absolute atomic E-state index is 0.362. The van der Waals surface area contributed by atoms with Gasteiger partial charge in [0.1, 0.15) is 0 Å². The zero-order chi connectivity index (χ0) is 22.2. The van der Waals surface area contributed by atoms with Crippen LogP contribution >= 0.6 is 0 Å². The van der Waals surface area contributed by atoms with Gasteiger partial charge in [-0.25, -0.2) is 9.78 Å². The zero-order valence-corrected chi connectivity index (χ0v) is 18.0. The molecule has 7 heteroatoms. The maximum atomic E-state index is 11.1. The summed E-state index contributed by atoms with van der Waals surface area (Å²) in [7, 11) is 0. The summed E-state index contributed by atoms with van der Waals surface area (Å²) in [5, 5.41) is 12.4. The Morgan fingerprint density at radius 1 is 1.03 bits per heavy atom. The molecule has 0 saturated carbocycles. The predicted molar refractivity (Wildman–Crippen MR) is 123 cm³/mol. The lowest BCUT2D eigenvalue weighted by Crippen LogP contribution is -2.32. The van der Waals surface area contributed by atoms with Crippen molar-refractivity contribution in [1.29, 1.82) is 0 Å². The van der Waals surface area contributed by atoms with Gasteiger partial charge in [-0.3, -0.25) is 4.90 Å². The largest absolute Gasteiger partial charge is 0.479 e. The third kappa shape index (κ3) is 6.04. The minimum atomic E-state index is -1.02. The number of hydrogen-bond donors (Lipinski definition) is 2. The van der Waals surface area contributed by atoms with Crippen LogP contribution in [0.4, 0.5) is 5.95 Å². The van der Waals surface area contributed by atoms with Crippen molar-refractivity contribution >= 4 is 11.9 Å². The second-order valence-electron chi connectivity index (χ2n) is 7.92. The van der Waals surface area contributed by atoms with E-state index in [4.69, 9.17) is 14.8 Å². The van der Waals surface area contributed by atoms with Gasteiger partial charge >= 0.3 is 5.97 Å². The molecule has 2 aromatic carbocycles. The van der Waals surface area contributed by atoms with Gasteiger partial charge in [-0.05, 0) is 24.0 Å². The maximum Gasteiger partial charge on any atom is 0.341 e. The number of anilines is 1. The van der Waals surface area contributed by atoms with Gasteiger partial charge in [-0.2, -0.15) is 4.98 Å². The summed E-state index contributed by atoms with van der Waals surface area (Å²) in [6.45, 7) is 2.64. The molecule has 0 atom stereocenters. The number of aromatic nitrogens is 2. The molecule has 0 bridgehead atoms. The summed E-state index contributed by atoms with van der Waals surface area (Å²) in [4.78, 5) is 22.6. The lowest BCUT2D eigenvalue weighted by atomic mass is 10.1. The second-order valence-corrected chi connectivity index (χ2v) is 7.92. The number of fused-ring (bicyclic) bond motifs is 1. The third-order valence-electron chi connectivity index (χ3n) is 5.45. The summed E-state index contributed by atoms with van der Waals surface area (Å²) in [5.74, 6) is -0.166. The number of benzene rings is 2. The van der Waals surface area contributed by atoms with Crippen molar-refractivity contribution in [2.24, 2.45) is 0 Å². The van der Waals surface area contributed by atoms with Gasteiger partial charge in [-0.1, -0.05) is 60.7 Å². The smallest absolute Gasteiger partial charge is 0.341 e. The van der Waals surface area contributed by atoms with Crippen LogP contribution in [0.5, 0.6) is 5.88 Å². The molecule has 7 nitrogen and oxygen atoms in total. The standard InChI is InChI=1S/C25H28N4O3/c30-23(31)18-32-24-21-17-29(16-20-10-5-2-6-11-20)15-13-22(21)27-25(28-24)26-14-7-12-19-8-3-1-4-9-19/h1-6,8-11H,7,12-18H2,(H,30,31)(H,26,27,28). The fourth-order valence-corrected chi connectivity index (χ4v) is 3.88. The van der Waals surface area contributed by atoms with Crippen molar-refractivity contribution in [1.82, 2.24) is 14.9 Å². The molecular weight excluding hydrogens is 404 g/mol. The monoisotopic (exact) mass is 432 g/mol. The van der Waals surface area contributed by atoms with Crippen LogP contribution in [0.15, 0.2) is 60.7 Å². The third-order valence-corrected chi connectivity index (χ3v) is 5.45. The molecule has 166 valence electrons. The molecule has 1 aromatic heterocycles. The van der Waals surface area contributed by atoms with E-state index in [1.54, 1.807) is 0 Å². The number of hydrogen-bond acceptors (Lipinski definition) is 6. The number of carbonyl (C=O) groups is 1. The summed E-state index contributed by atoms with van der Waals surface area (Å²) in [6.07, 6.45) is 2.68. The lowest BCUT2D eigenvalue weighted by molar-refractivity contribution is -0.139. The van der Waals surface area contributed by atoms with E-state index in [0.29, 0.717) is 18.4 Å². The molecule has 4 rings (SSSR count). The molecule has 0 fully saturated rings. The van der Waals surface area contributed by atoms with Gasteiger partial charge in [0.25, 0.3) is 0 Å². The number of aliphatic carboxylic acids is 1. The van der Waals surface area contributed by atoms with Gasteiger partial charge in [0.05, 0.1) is 11.3 Å². The fraction of sp³-hybridized carbons (Fsp3) is 0.320. The van der Waals surface area contributed by atoms with E-state index in [0.717, 1.165) is 50.2 Å². The minimum Gasteiger partial charge on any atom is -0.479 e. The normalized spacial score (nSPS) is 13.4. The highest BCUT2D eigenvalue weighted by Crippen LogP contribution is 2.28. The molecule has 2 heterocycles. The summed E-state index contributed by atoms with van der Waals surface area (Å²) in [5.41, 5.74) is 4.34. The average Bonchev–Trinajstić information content (AvgIpc) is 2.82. The van der Waals surface area contributed by atoms with Crippen LogP contribution in [0.3, 0.4) is 0 Å². The number of rotatable bonds is 10. The molecule has 2 N–H and O–H groups in total. The van der Waals surface area contributed by atoms with E-state index in [1.807, 2.05) is 36.4 Å². The van der Waals surface area contributed by atoms with Crippen molar-refractivity contribution in [2.45, 2.75) is 32.4 Å². The van der Waals surface area contributed by atoms with E-state index < -0.39 is 12.6 Å². The number of ether oxygens (including phenoxy) is 1. The molecular formula is C25H28N4O3. The lowest BCUT2D eigenvalue weighted by Gasteiger charge is -2.29. The van der Waals surface area contributed by atoms with E-state index in [9.17, 15) is 4.79 Å². The van der Waals surface area contributed by atoms with Crippen LogP contribution in [-0.4, -0.2) is 45.6 Å². The Morgan fingerprint density at radius 2 is 1.75 bits per heavy atom. The quantitative estimate of drug-likeness (QED) is 0.474. The van der Waals surface area contributed by atoms with Gasteiger partial charge in [-0.15, -0.1) is 0 Å². The van der Waals surface area contributed by atoms with Crippen molar-refractivity contribution in [3.63, 3.8) is 0 Å². The number of carboxylic acid groups (broad SMARTS) is 1. The van der Waals surface area contributed by atoms with Crippen molar-refractivity contribution in [3.8, 4) is 5.88 Å². The Balaban J connectivity index is 1.43. The van der Waals surface area contributed by atoms with E-state index in [-0.39, 0.29) is 0 Å². The van der Waals surface area contributed by atoms with E-state index >= 15 is 0 Å². The molecule has 1 aliphatic heterocycles. The molecule has 0 aliphatic carbocycles. The number of nitrogens with one attached hydrogen (secondary N) is 1. The molecule has 3 aromatic rings. The molecule has 0 amide bonds. The van der Waals surface area contributed by atoms with Gasteiger partial charge in [0.15, 0.2) is 6.61 Å². The Kier molecular flexibility index (Phi) is 7.30. The molecule has 32 heavy (non-hydrogen) atoms. The average molecular weight is 433 g/mol. The van der Waals surface area contributed by atoms with Crippen LogP contribution in [0.25, 0.3) is 0 Å². The molecule has 0 radical (unpaired) electrons. The Labute approximate surface area is 188 Å².